The Bertz CT molecular complexity index is 1500. The van der Waals surface area contributed by atoms with Crippen molar-refractivity contribution in [2.45, 2.75) is 29.1 Å². The van der Waals surface area contributed by atoms with Gasteiger partial charge in [-0.1, -0.05) is 23.7 Å². The number of methoxy groups -OCH3 is 1. The molecule has 0 aromatic heterocycles. The molecule has 1 fully saturated rings. The molecule has 0 saturated carbocycles. The molecule has 0 radical (unpaired) electrons. The Kier molecular flexibility index (Phi) is 7.96. The fourth-order valence-electron chi connectivity index (χ4n) is 3.95. The summed E-state index contributed by atoms with van der Waals surface area (Å²) in [5.74, 6) is 0.00396. The lowest BCUT2D eigenvalue weighted by molar-refractivity contribution is 0.0720. The fourth-order valence-corrected chi connectivity index (χ4v) is 6.36. The van der Waals surface area contributed by atoms with Crippen molar-refractivity contribution in [3.8, 4) is 5.75 Å². The first-order valence-corrected chi connectivity index (χ1v) is 14.8. The molecule has 0 spiro atoms. The Morgan fingerprint density at radius 3 is 2.11 bits per heavy atom. The molecule has 1 heterocycles. The number of para-hydroxylation sites is 1. The van der Waals surface area contributed by atoms with Crippen LogP contribution in [0.1, 0.15) is 29.6 Å². The summed E-state index contributed by atoms with van der Waals surface area (Å²) in [6.07, 6.45) is 2.84. The number of sulfonamides is 2. The van der Waals surface area contributed by atoms with Gasteiger partial charge in [0.25, 0.3) is 26.0 Å². The molecule has 1 aliphatic rings. The smallest absolute Gasteiger partial charge is 0.261 e. The standard InChI is InChI=1S/C25H26ClN3O6S2/c1-35-24-14-13-20(17-21(24)25(30)29-15-5-2-6-16-29)37(33,34)27-18-9-11-19(12-10-18)36(31,32)28-23-8-4-3-7-22(23)26/h3-4,7-14,17,27-28H,2,5-6,15-16H2,1H3. The number of carbonyl (C=O) groups is 1. The van der Waals surface area contributed by atoms with Crippen LogP contribution >= 0.6 is 11.6 Å². The summed E-state index contributed by atoms with van der Waals surface area (Å²) in [6, 6.07) is 15.7. The molecule has 12 heteroatoms. The van der Waals surface area contributed by atoms with Crippen molar-refractivity contribution in [3.63, 3.8) is 0 Å². The summed E-state index contributed by atoms with van der Waals surface area (Å²) >= 11 is 6.03. The van der Waals surface area contributed by atoms with Crippen LogP contribution in [0.2, 0.25) is 5.02 Å². The summed E-state index contributed by atoms with van der Waals surface area (Å²) in [5, 5.41) is 0.244. The topological polar surface area (TPSA) is 122 Å². The van der Waals surface area contributed by atoms with Crippen LogP contribution in [0.3, 0.4) is 0 Å². The Hall–Kier alpha value is -3.28. The second-order valence-corrected chi connectivity index (χ2v) is 12.2. The molecule has 0 aliphatic carbocycles. The van der Waals surface area contributed by atoms with Gasteiger partial charge < -0.3 is 9.64 Å². The maximum atomic E-state index is 13.1. The van der Waals surface area contributed by atoms with E-state index in [1.165, 1.54) is 55.6 Å². The molecule has 1 amide bonds. The molecule has 3 aromatic rings. The van der Waals surface area contributed by atoms with Crippen LogP contribution in [0.25, 0.3) is 0 Å². The lowest BCUT2D eigenvalue weighted by Gasteiger charge is -2.27. The van der Waals surface area contributed by atoms with E-state index < -0.39 is 20.0 Å². The number of ether oxygens (including phenoxy) is 1. The zero-order valence-corrected chi connectivity index (χ0v) is 22.4. The van der Waals surface area contributed by atoms with Gasteiger partial charge in [-0.3, -0.25) is 14.2 Å². The van der Waals surface area contributed by atoms with Crippen molar-refractivity contribution in [1.29, 1.82) is 0 Å². The number of amides is 1. The molecular formula is C25H26ClN3O6S2. The molecule has 1 aliphatic heterocycles. The quantitative estimate of drug-likeness (QED) is 0.414. The van der Waals surface area contributed by atoms with Crippen molar-refractivity contribution in [2.24, 2.45) is 0 Å². The van der Waals surface area contributed by atoms with E-state index in [4.69, 9.17) is 16.3 Å². The number of anilines is 2. The van der Waals surface area contributed by atoms with E-state index in [1.54, 1.807) is 23.1 Å². The third-order valence-electron chi connectivity index (χ3n) is 5.89. The van der Waals surface area contributed by atoms with E-state index >= 15 is 0 Å². The largest absolute Gasteiger partial charge is 0.496 e. The van der Waals surface area contributed by atoms with Gasteiger partial charge in [0.15, 0.2) is 0 Å². The molecule has 9 nitrogen and oxygen atoms in total. The minimum Gasteiger partial charge on any atom is -0.496 e. The Morgan fingerprint density at radius 1 is 0.838 bits per heavy atom. The monoisotopic (exact) mass is 563 g/mol. The van der Waals surface area contributed by atoms with Gasteiger partial charge >= 0.3 is 0 Å². The Balaban J connectivity index is 1.54. The van der Waals surface area contributed by atoms with E-state index in [2.05, 4.69) is 9.44 Å². The second kappa shape index (κ2) is 11.0. The van der Waals surface area contributed by atoms with Gasteiger partial charge in [-0.25, -0.2) is 16.8 Å². The molecular weight excluding hydrogens is 538 g/mol. The first-order valence-electron chi connectivity index (χ1n) is 11.5. The third kappa shape index (κ3) is 6.17. The van der Waals surface area contributed by atoms with Gasteiger partial charge in [0.1, 0.15) is 5.75 Å². The molecule has 4 rings (SSSR count). The minimum absolute atomic E-state index is 0.0748. The van der Waals surface area contributed by atoms with Crippen molar-refractivity contribution < 1.29 is 26.4 Å². The number of nitrogens with zero attached hydrogens (tertiary/aromatic N) is 1. The van der Waals surface area contributed by atoms with Crippen LogP contribution in [-0.4, -0.2) is 47.8 Å². The number of carbonyl (C=O) groups excluding carboxylic acids is 1. The van der Waals surface area contributed by atoms with Crippen molar-refractivity contribution in [3.05, 3.63) is 77.3 Å². The SMILES string of the molecule is COc1ccc(S(=O)(=O)Nc2ccc(S(=O)(=O)Nc3ccccc3Cl)cc2)cc1C(=O)N1CCCCC1. The zero-order chi connectivity index (χ0) is 26.6. The highest BCUT2D eigenvalue weighted by Gasteiger charge is 2.25. The first kappa shape index (κ1) is 26.8. The Morgan fingerprint density at radius 2 is 1.46 bits per heavy atom. The van der Waals surface area contributed by atoms with E-state index in [0.29, 0.717) is 13.1 Å². The van der Waals surface area contributed by atoms with Crippen LogP contribution in [-0.2, 0) is 20.0 Å². The molecule has 0 unspecified atom stereocenters. The molecule has 3 aromatic carbocycles. The van der Waals surface area contributed by atoms with E-state index in [0.717, 1.165) is 19.3 Å². The summed E-state index contributed by atoms with van der Waals surface area (Å²) in [7, 11) is -6.61. The highest BCUT2D eigenvalue weighted by molar-refractivity contribution is 7.93. The number of piperidine rings is 1. The van der Waals surface area contributed by atoms with Gasteiger partial charge in [0, 0.05) is 18.8 Å². The summed E-state index contributed by atoms with van der Waals surface area (Å²) in [4.78, 5) is 14.6. The van der Waals surface area contributed by atoms with Crippen LogP contribution in [0, 0.1) is 0 Å². The maximum absolute atomic E-state index is 13.1. The van der Waals surface area contributed by atoms with Gasteiger partial charge in [-0.05, 0) is 73.9 Å². The number of halogens is 1. The highest BCUT2D eigenvalue weighted by atomic mass is 35.5. The minimum atomic E-state index is -4.09. The zero-order valence-electron chi connectivity index (χ0n) is 20.0. The van der Waals surface area contributed by atoms with E-state index in [1.807, 2.05) is 0 Å². The van der Waals surface area contributed by atoms with E-state index in [-0.39, 0.29) is 43.4 Å². The lowest BCUT2D eigenvalue weighted by atomic mass is 10.1. The van der Waals surface area contributed by atoms with Crippen molar-refractivity contribution in [2.75, 3.05) is 29.6 Å². The average Bonchev–Trinajstić information content (AvgIpc) is 2.89. The molecule has 37 heavy (non-hydrogen) atoms. The summed E-state index contributed by atoms with van der Waals surface area (Å²) in [6.45, 7) is 1.22. The number of benzene rings is 3. The highest BCUT2D eigenvalue weighted by Crippen LogP contribution is 2.28. The third-order valence-corrected chi connectivity index (χ3v) is 8.98. The summed E-state index contributed by atoms with van der Waals surface area (Å²) in [5.41, 5.74) is 0.541. The van der Waals surface area contributed by atoms with Crippen LogP contribution in [0.4, 0.5) is 11.4 Å². The van der Waals surface area contributed by atoms with Crippen molar-refractivity contribution in [1.82, 2.24) is 4.90 Å². The van der Waals surface area contributed by atoms with E-state index in [9.17, 15) is 21.6 Å². The van der Waals surface area contributed by atoms with Crippen LogP contribution < -0.4 is 14.2 Å². The van der Waals surface area contributed by atoms with Gasteiger partial charge in [0.05, 0.1) is 33.2 Å². The fraction of sp³-hybridized carbons (Fsp3) is 0.240. The maximum Gasteiger partial charge on any atom is 0.261 e. The predicted molar refractivity (Wildman–Crippen MR) is 142 cm³/mol. The van der Waals surface area contributed by atoms with Gasteiger partial charge in [0.2, 0.25) is 0 Å². The van der Waals surface area contributed by atoms with Crippen LogP contribution in [0.5, 0.6) is 5.75 Å². The number of likely N-dealkylation sites (tertiary alicyclic amines) is 1. The number of hydrogen-bond donors (Lipinski definition) is 2. The average molecular weight is 564 g/mol. The number of rotatable bonds is 8. The predicted octanol–water partition coefficient (Wildman–Crippen LogP) is 4.58. The first-order chi connectivity index (χ1) is 17.6. The molecule has 2 N–H and O–H groups in total. The van der Waals surface area contributed by atoms with Gasteiger partial charge in [-0.15, -0.1) is 0 Å². The molecule has 1 saturated heterocycles. The molecule has 0 atom stereocenters. The van der Waals surface area contributed by atoms with Crippen molar-refractivity contribution >= 4 is 48.9 Å². The number of nitrogens with one attached hydrogen (secondary N) is 2. The summed E-state index contributed by atoms with van der Waals surface area (Å²) < 4.78 is 61.7. The van der Waals surface area contributed by atoms with Crippen LogP contribution in [0.15, 0.2) is 76.5 Å². The molecule has 196 valence electrons. The van der Waals surface area contributed by atoms with Gasteiger partial charge in [-0.2, -0.15) is 0 Å². The Labute approximate surface area is 221 Å². The second-order valence-electron chi connectivity index (χ2n) is 8.43. The molecule has 0 bridgehead atoms. The normalized spacial score (nSPS) is 14.2. The number of hydrogen-bond acceptors (Lipinski definition) is 6. The lowest BCUT2D eigenvalue weighted by Crippen LogP contribution is -2.35.